The van der Waals surface area contributed by atoms with Crippen LogP contribution in [-0.4, -0.2) is 61.3 Å². The number of esters is 4. The lowest BCUT2D eigenvalue weighted by Crippen LogP contribution is -2.60. The molecule has 0 aromatic carbocycles. The molecule has 0 aliphatic carbocycles. The molecule has 0 saturated carbocycles. The summed E-state index contributed by atoms with van der Waals surface area (Å²) < 4.78 is 39.0. The molecule has 1 unspecified atom stereocenters. The van der Waals surface area contributed by atoms with Gasteiger partial charge in [0.2, 0.25) is 12.5 Å². The summed E-state index contributed by atoms with van der Waals surface area (Å²) in [7, 11) is 0. The number of alkyl halides is 1. The lowest BCUT2D eigenvalue weighted by Gasteiger charge is -2.41. The maximum Gasteiger partial charge on any atom is 0.305 e. The average molecular weight is 350 g/mol. The molecule has 1 aliphatic rings. The van der Waals surface area contributed by atoms with Gasteiger partial charge in [0.15, 0.2) is 12.2 Å². The molecule has 136 valence electrons. The number of carbonyl (C=O) groups excluding carboxylic acids is 4. The van der Waals surface area contributed by atoms with Gasteiger partial charge < -0.3 is 23.7 Å². The van der Waals surface area contributed by atoms with E-state index in [9.17, 15) is 23.6 Å². The molecule has 0 radical (unpaired) electrons. The highest BCUT2D eigenvalue weighted by Crippen LogP contribution is 2.29. The number of ether oxygens (including phenoxy) is 5. The molecule has 10 heteroatoms. The van der Waals surface area contributed by atoms with Crippen molar-refractivity contribution in [2.24, 2.45) is 0 Å². The minimum absolute atomic E-state index is 0.421. The van der Waals surface area contributed by atoms with Crippen molar-refractivity contribution in [3.63, 3.8) is 0 Å². The molecule has 0 amide bonds. The third-order valence-electron chi connectivity index (χ3n) is 2.91. The van der Waals surface area contributed by atoms with Crippen LogP contribution in [0.25, 0.3) is 0 Å². The van der Waals surface area contributed by atoms with Gasteiger partial charge in [-0.05, 0) is 0 Å². The summed E-state index contributed by atoms with van der Waals surface area (Å²) in [6.07, 6.45) is -7.98. The standard InChI is InChI=1S/C14H19FO9/c1-6(16)20-5-10-12(21-7(2)17)13(22-8(3)18)11(15)14(24-10)23-9(4)19/h10-14H,5H2,1-4H3/t10-,11+,12-,13-,14?/m1/s1. The molecular formula is C14H19FO9. The van der Waals surface area contributed by atoms with Crippen LogP contribution in [0.2, 0.25) is 0 Å². The van der Waals surface area contributed by atoms with Crippen LogP contribution >= 0.6 is 0 Å². The zero-order valence-corrected chi connectivity index (χ0v) is 13.6. The molecule has 1 fully saturated rings. The van der Waals surface area contributed by atoms with E-state index in [1.807, 2.05) is 0 Å². The summed E-state index contributed by atoms with van der Waals surface area (Å²) in [6, 6.07) is 0. The Balaban J connectivity index is 3.08. The van der Waals surface area contributed by atoms with Crippen LogP contribution in [0.3, 0.4) is 0 Å². The molecule has 0 aromatic heterocycles. The van der Waals surface area contributed by atoms with E-state index in [4.69, 9.17) is 23.7 Å². The highest BCUT2D eigenvalue weighted by molar-refractivity contribution is 5.68. The van der Waals surface area contributed by atoms with Gasteiger partial charge in [0.25, 0.3) is 0 Å². The maximum absolute atomic E-state index is 14.5. The lowest BCUT2D eigenvalue weighted by molar-refractivity contribution is -0.284. The molecule has 1 aliphatic heterocycles. The molecule has 0 aromatic rings. The fraction of sp³-hybridized carbons (Fsp3) is 0.714. The predicted octanol–water partition coefficient (Wildman–Crippen LogP) is 0.0390. The molecular weight excluding hydrogens is 331 g/mol. The summed E-state index contributed by atoms with van der Waals surface area (Å²) in [4.78, 5) is 44.5. The summed E-state index contributed by atoms with van der Waals surface area (Å²) in [5, 5.41) is 0. The number of carbonyl (C=O) groups is 4. The lowest BCUT2D eigenvalue weighted by atomic mass is 9.99. The Morgan fingerprint density at radius 3 is 1.79 bits per heavy atom. The van der Waals surface area contributed by atoms with Crippen molar-refractivity contribution in [3.8, 4) is 0 Å². The van der Waals surface area contributed by atoms with E-state index in [0.717, 1.165) is 27.7 Å². The molecule has 1 heterocycles. The van der Waals surface area contributed by atoms with Crippen molar-refractivity contribution >= 4 is 23.9 Å². The summed E-state index contributed by atoms with van der Waals surface area (Å²) in [6.45, 7) is 3.86. The van der Waals surface area contributed by atoms with Gasteiger partial charge in [-0.25, -0.2) is 4.39 Å². The Labute approximate surface area is 137 Å². The van der Waals surface area contributed by atoms with Crippen LogP contribution in [0, 0.1) is 0 Å². The van der Waals surface area contributed by atoms with Crippen LogP contribution in [0.1, 0.15) is 27.7 Å². The van der Waals surface area contributed by atoms with Gasteiger partial charge in [0, 0.05) is 27.7 Å². The van der Waals surface area contributed by atoms with Crippen molar-refractivity contribution < 1.29 is 47.3 Å². The normalized spacial score (nSPS) is 29.3. The topological polar surface area (TPSA) is 114 Å². The van der Waals surface area contributed by atoms with Gasteiger partial charge in [-0.2, -0.15) is 0 Å². The number of hydrogen-bond acceptors (Lipinski definition) is 9. The second-order valence-electron chi connectivity index (χ2n) is 5.05. The molecule has 0 bridgehead atoms. The first-order valence-corrected chi connectivity index (χ1v) is 7.06. The highest BCUT2D eigenvalue weighted by Gasteiger charge is 2.52. The third-order valence-corrected chi connectivity index (χ3v) is 2.91. The van der Waals surface area contributed by atoms with Gasteiger partial charge in [-0.15, -0.1) is 0 Å². The summed E-state index contributed by atoms with van der Waals surface area (Å²) >= 11 is 0. The van der Waals surface area contributed by atoms with Crippen molar-refractivity contribution in [2.75, 3.05) is 6.61 Å². The third kappa shape index (κ3) is 5.76. The first-order valence-electron chi connectivity index (χ1n) is 7.06. The van der Waals surface area contributed by atoms with E-state index in [2.05, 4.69) is 0 Å². The maximum atomic E-state index is 14.5. The van der Waals surface area contributed by atoms with E-state index < -0.39 is 61.3 Å². The molecule has 1 saturated heterocycles. The van der Waals surface area contributed by atoms with Crippen LogP contribution in [0.5, 0.6) is 0 Å². The van der Waals surface area contributed by atoms with Gasteiger partial charge in [-0.1, -0.05) is 0 Å². The minimum atomic E-state index is -2.10. The quantitative estimate of drug-likeness (QED) is 0.500. The highest BCUT2D eigenvalue weighted by atomic mass is 19.1. The van der Waals surface area contributed by atoms with Crippen molar-refractivity contribution in [3.05, 3.63) is 0 Å². The number of hydrogen-bond donors (Lipinski definition) is 0. The Bertz CT molecular complexity index is 490. The summed E-state index contributed by atoms with van der Waals surface area (Å²) in [5.41, 5.74) is 0. The minimum Gasteiger partial charge on any atom is -0.463 e. The average Bonchev–Trinajstić information content (AvgIpc) is 2.42. The number of rotatable bonds is 5. The molecule has 0 spiro atoms. The Morgan fingerprint density at radius 2 is 1.33 bits per heavy atom. The Morgan fingerprint density at radius 1 is 0.833 bits per heavy atom. The van der Waals surface area contributed by atoms with Crippen molar-refractivity contribution in [1.82, 2.24) is 0 Å². The largest absolute Gasteiger partial charge is 0.463 e. The van der Waals surface area contributed by atoms with Crippen molar-refractivity contribution in [1.29, 1.82) is 0 Å². The second-order valence-corrected chi connectivity index (χ2v) is 5.05. The monoisotopic (exact) mass is 350 g/mol. The second kappa shape index (κ2) is 8.57. The first-order chi connectivity index (χ1) is 11.1. The Hall–Kier alpha value is -2.23. The Kier molecular flexibility index (Phi) is 7.08. The van der Waals surface area contributed by atoms with E-state index in [-0.39, 0.29) is 0 Å². The van der Waals surface area contributed by atoms with Crippen LogP contribution in [-0.2, 0) is 42.9 Å². The van der Waals surface area contributed by atoms with Gasteiger partial charge in [0.1, 0.15) is 12.7 Å². The predicted molar refractivity (Wildman–Crippen MR) is 73.1 cm³/mol. The molecule has 1 rings (SSSR count). The van der Waals surface area contributed by atoms with Crippen LogP contribution < -0.4 is 0 Å². The molecule has 24 heavy (non-hydrogen) atoms. The first kappa shape index (κ1) is 19.8. The van der Waals surface area contributed by atoms with Crippen LogP contribution in [0.4, 0.5) is 4.39 Å². The smallest absolute Gasteiger partial charge is 0.305 e. The molecule has 5 atom stereocenters. The van der Waals surface area contributed by atoms with Gasteiger partial charge in [0.05, 0.1) is 0 Å². The van der Waals surface area contributed by atoms with E-state index in [1.54, 1.807) is 0 Å². The van der Waals surface area contributed by atoms with E-state index in [1.165, 1.54) is 0 Å². The fourth-order valence-corrected chi connectivity index (χ4v) is 2.12. The zero-order valence-electron chi connectivity index (χ0n) is 13.6. The fourth-order valence-electron chi connectivity index (χ4n) is 2.12. The van der Waals surface area contributed by atoms with Crippen LogP contribution in [0.15, 0.2) is 0 Å². The zero-order chi connectivity index (χ0) is 18.4. The molecule has 9 nitrogen and oxygen atoms in total. The summed E-state index contributed by atoms with van der Waals surface area (Å²) in [5.74, 6) is -3.11. The van der Waals surface area contributed by atoms with Gasteiger partial charge >= 0.3 is 23.9 Å². The van der Waals surface area contributed by atoms with Crippen molar-refractivity contribution in [2.45, 2.75) is 58.5 Å². The van der Waals surface area contributed by atoms with E-state index >= 15 is 0 Å². The SMILES string of the molecule is CC(=O)OC[C@H]1OC(OC(C)=O)[C@@H](F)[C@@H](OC(C)=O)[C@@H]1OC(C)=O. The van der Waals surface area contributed by atoms with Gasteiger partial charge in [-0.3, -0.25) is 19.2 Å². The number of halogens is 1. The van der Waals surface area contributed by atoms with E-state index in [0.29, 0.717) is 0 Å². The molecule has 0 N–H and O–H groups in total.